The van der Waals surface area contributed by atoms with E-state index in [4.69, 9.17) is 16.9 Å². The molecule has 1 aromatic heterocycles. The molecule has 1 fully saturated rings. The summed E-state index contributed by atoms with van der Waals surface area (Å²) >= 11 is 6.09. The van der Waals surface area contributed by atoms with Crippen LogP contribution in [0.1, 0.15) is 12.0 Å². The number of hydrogen-bond donors (Lipinski definition) is 0. The molecule has 2 aromatic rings. The predicted molar refractivity (Wildman–Crippen MR) is 87.2 cm³/mol. The Balaban J connectivity index is 1.75. The van der Waals surface area contributed by atoms with Gasteiger partial charge in [-0.2, -0.15) is 5.26 Å². The van der Waals surface area contributed by atoms with Gasteiger partial charge in [-0.1, -0.05) is 11.6 Å². The molecule has 6 heteroatoms. The highest BCUT2D eigenvalue weighted by Gasteiger charge is 2.27. The van der Waals surface area contributed by atoms with Gasteiger partial charge in [0.25, 0.3) is 0 Å². The molecule has 5 nitrogen and oxygen atoms in total. The van der Waals surface area contributed by atoms with E-state index >= 15 is 0 Å². The molecule has 1 aromatic carbocycles. The van der Waals surface area contributed by atoms with Gasteiger partial charge in [-0.05, 0) is 30.7 Å². The molecular weight excluding hydrogens is 298 g/mol. The first-order valence-corrected chi connectivity index (χ1v) is 7.50. The molecule has 112 valence electrons. The SMILES string of the molecule is CN(c1ncccn1)C1CCN(c2cc(Cl)cc(C#N)c2)C1. The van der Waals surface area contributed by atoms with Crippen molar-refractivity contribution in [3.8, 4) is 6.07 Å². The summed E-state index contributed by atoms with van der Waals surface area (Å²) in [5, 5.41) is 9.66. The van der Waals surface area contributed by atoms with Crippen molar-refractivity contribution in [3.63, 3.8) is 0 Å². The Morgan fingerprint density at radius 2 is 2.09 bits per heavy atom. The summed E-state index contributed by atoms with van der Waals surface area (Å²) in [6.07, 6.45) is 4.52. The lowest BCUT2D eigenvalue weighted by Gasteiger charge is -2.25. The van der Waals surface area contributed by atoms with Gasteiger partial charge in [-0.3, -0.25) is 0 Å². The van der Waals surface area contributed by atoms with Crippen LogP contribution >= 0.6 is 11.6 Å². The van der Waals surface area contributed by atoms with Crippen molar-refractivity contribution in [1.82, 2.24) is 9.97 Å². The molecule has 1 aliphatic rings. The molecule has 1 unspecified atom stereocenters. The van der Waals surface area contributed by atoms with Crippen LogP contribution in [0.2, 0.25) is 5.02 Å². The summed E-state index contributed by atoms with van der Waals surface area (Å²) in [7, 11) is 2.02. The Kier molecular flexibility index (Phi) is 4.12. The van der Waals surface area contributed by atoms with Crippen LogP contribution in [-0.2, 0) is 0 Å². The summed E-state index contributed by atoms with van der Waals surface area (Å²) in [6.45, 7) is 1.78. The minimum atomic E-state index is 0.340. The third-order valence-corrected chi connectivity index (χ3v) is 4.17. The average molecular weight is 314 g/mol. The first kappa shape index (κ1) is 14.6. The van der Waals surface area contributed by atoms with E-state index in [-0.39, 0.29) is 0 Å². The van der Waals surface area contributed by atoms with E-state index < -0.39 is 0 Å². The smallest absolute Gasteiger partial charge is 0.225 e. The number of rotatable bonds is 3. The highest BCUT2D eigenvalue weighted by molar-refractivity contribution is 6.31. The highest BCUT2D eigenvalue weighted by atomic mass is 35.5. The Morgan fingerprint density at radius 3 is 2.82 bits per heavy atom. The van der Waals surface area contributed by atoms with Crippen LogP contribution in [0, 0.1) is 11.3 Å². The van der Waals surface area contributed by atoms with Gasteiger partial charge in [0, 0.05) is 43.2 Å². The van der Waals surface area contributed by atoms with E-state index in [1.807, 2.05) is 25.2 Å². The van der Waals surface area contributed by atoms with Crippen molar-refractivity contribution < 1.29 is 0 Å². The molecule has 0 N–H and O–H groups in total. The van der Waals surface area contributed by atoms with Gasteiger partial charge in [0.15, 0.2) is 0 Å². The van der Waals surface area contributed by atoms with E-state index in [0.29, 0.717) is 16.6 Å². The monoisotopic (exact) mass is 313 g/mol. The molecule has 1 aliphatic heterocycles. The molecule has 1 atom stereocenters. The second-order valence-electron chi connectivity index (χ2n) is 5.36. The molecule has 0 bridgehead atoms. The maximum Gasteiger partial charge on any atom is 0.225 e. The zero-order chi connectivity index (χ0) is 15.5. The molecule has 0 amide bonds. The second kappa shape index (κ2) is 6.20. The topological polar surface area (TPSA) is 56.1 Å². The number of anilines is 2. The fourth-order valence-electron chi connectivity index (χ4n) is 2.75. The van der Waals surface area contributed by atoms with Gasteiger partial charge >= 0.3 is 0 Å². The lowest BCUT2D eigenvalue weighted by atomic mass is 10.2. The van der Waals surface area contributed by atoms with Crippen molar-refractivity contribution in [2.45, 2.75) is 12.5 Å². The molecule has 0 aliphatic carbocycles. The summed E-state index contributed by atoms with van der Waals surface area (Å²) < 4.78 is 0. The third-order valence-electron chi connectivity index (χ3n) is 3.96. The van der Waals surface area contributed by atoms with Gasteiger partial charge in [0.1, 0.15) is 0 Å². The molecule has 0 spiro atoms. The summed E-state index contributed by atoms with van der Waals surface area (Å²) in [5.74, 6) is 0.734. The molecule has 2 heterocycles. The van der Waals surface area contributed by atoms with Crippen molar-refractivity contribution in [2.75, 3.05) is 29.9 Å². The quantitative estimate of drug-likeness (QED) is 0.872. The maximum absolute atomic E-state index is 9.07. The Bertz CT molecular complexity index is 697. The van der Waals surface area contributed by atoms with Gasteiger partial charge in [-0.25, -0.2) is 9.97 Å². The van der Waals surface area contributed by atoms with Crippen molar-refractivity contribution in [3.05, 3.63) is 47.2 Å². The number of hydrogen-bond acceptors (Lipinski definition) is 5. The van der Waals surface area contributed by atoms with Gasteiger partial charge in [0.2, 0.25) is 5.95 Å². The molecule has 0 radical (unpaired) electrons. The van der Waals surface area contributed by atoms with Crippen molar-refractivity contribution >= 4 is 23.2 Å². The zero-order valence-electron chi connectivity index (χ0n) is 12.3. The van der Waals surface area contributed by atoms with Crippen LogP contribution in [-0.4, -0.2) is 36.1 Å². The van der Waals surface area contributed by atoms with Gasteiger partial charge in [0.05, 0.1) is 17.7 Å². The number of benzene rings is 1. The standard InChI is InChI=1S/C16H16ClN5/c1-21(16-19-4-2-5-20-16)14-3-6-22(11-14)15-8-12(10-18)7-13(17)9-15/h2,4-5,7-9,14H,3,6,11H2,1H3. The fourth-order valence-corrected chi connectivity index (χ4v) is 2.98. The third kappa shape index (κ3) is 2.97. The number of nitriles is 1. The van der Waals surface area contributed by atoms with Crippen LogP contribution in [0.15, 0.2) is 36.7 Å². The van der Waals surface area contributed by atoms with E-state index in [0.717, 1.165) is 31.1 Å². The second-order valence-corrected chi connectivity index (χ2v) is 5.79. The normalized spacial score (nSPS) is 17.3. The van der Waals surface area contributed by atoms with E-state index in [2.05, 4.69) is 25.8 Å². The number of aromatic nitrogens is 2. The molecule has 0 saturated carbocycles. The predicted octanol–water partition coefficient (Wildman–Crippen LogP) is 2.72. The van der Waals surface area contributed by atoms with E-state index in [9.17, 15) is 0 Å². The van der Waals surface area contributed by atoms with E-state index in [1.54, 1.807) is 18.5 Å². The first-order chi connectivity index (χ1) is 10.7. The van der Waals surface area contributed by atoms with Crippen LogP contribution < -0.4 is 9.80 Å². The minimum absolute atomic E-state index is 0.340. The van der Waals surface area contributed by atoms with Crippen LogP contribution in [0.3, 0.4) is 0 Å². The molecular formula is C16H16ClN5. The Morgan fingerprint density at radius 1 is 1.32 bits per heavy atom. The average Bonchev–Trinajstić information content (AvgIpc) is 3.04. The molecule has 22 heavy (non-hydrogen) atoms. The van der Waals surface area contributed by atoms with Gasteiger partial charge in [-0.15, -0.1) is 0 Å². The first-order valence-electron chi connectivity index (χ1n) is 7.13. The lowest BCUT2D eigenvalue weighted by molar-refractivity contribution is 0.674. The minimum Gasteiger partial charge on any atom is -0.369 e. The van der Waals surface area contributed by atoms with Crippen LogP contribution in [0.25, 0.3) is 0 Å². The molecule has 3 rings (SSSR count). The van der Waals surface area contributed by atoms with Crippen LogP contribution in [0.5, 0.6) is 0 Å². The Hall–Kier alpha value is -2.32. The lowest BCUT2D eigenvalue weighted by Crippen LogP contribution is -2.35. The van der Waals surface area contributed by atoms with Gasteiger partial charge < -0.3 is 9.80 Å². The van der Waals surface area contributed by atoms with Crippen molar-refractivity contribution in [1.29, 1.82) is 5.26 Å². The maximum atomic E-state index is 9.07. The summed E-state index contributed by atoms with van der Waals surface area (Å²) in [6, 6.07) is 9.77. The summed E-state index contributed by atoms with van der Waals surface area (Å²) in [4.78, 5) is 12.9. The highest BCUT2D eigenvalue weighted by Crippen LogP contribution is 2.27. The zero-order valence-corrected chi connectivity index (χ0v) is 13.0. The number of likely N-dealkylation sites (N-methyl/N-ethyl adjacent to an activating group) is 1. The molecule has 1 saturated heterocycles. The van der Waals surface area contributed by atoms with Crippen LogP contribution in [0.4, 0.5) is 11.6 Å². The van der Waals surface area contributed by atoms with E-state index in [1.165, 1.54) is 0 Å². The largest absolute Gasteiger partial charge is 0.369 e. The Labute approximate surface area is 134 Å². The number of nitrogens with zero attached hydrogens (tertiary/aromatic N) is 5. The van der Waals surface area contributed by atoms with Crippen molar-refractivity contribution in [2.24, 2.45) is 0 Å². The summed E-state index contributed by atoms with van der Waals surface area (Å²) in [5.41, 5.74) is 1.58. The number of halogens is 1. The fraction of sp³-hybridized carbons (Fsp3) is 0.312.